The van der Waals surface area contributed by atoms with E-state index < -0.39 is 5.97 Å². The first-order valence-electron chi connectivity index (χ1n) is 8.76. The molecular weight excluding hydrogens is 340 g/mol. The molecule has 138 valence electrons. The lowest BCUT2D eigenvalue weighted by Crippen LogP contribution is -2.16. The fourth-order valence-electron chi connectivity index (χ4n) is 2.72. The van der Waals surface area contributed by atoms with Crippen LogP contribution in [0.25, 0.3) is 0 Å². The first kappa shape index (κ1) is 18.7. The number of ether oxygens (including phenoxy) is 3. The van der Waals surface area contributed by atoms with Crippen LogP contribution in [0.2, 0.25) is 0 Å². The zero-order valence-electron chi connectivity index (χ0n) is 15.2. The number of carbonyl (C=O) groups is 1. The first-order chi connectivity index (χ1) is 13.3. The van der Waals surface area contributed by atoms with E-state index in [0.29, 0.717) is 0 Å². The first-order valence-corrected chi connectivity index (χ1v) is 8.76. The van der Waals surface area contributed by atoms with Crippen LogP contribution in [0, 0.1) is 0 Å². The minimum absolute atomic E-state index is 0.120. The molecule has 0 saturated carbocycles. The van der Waals surface area contributed by atoms with Crippen LogP contribution in [-0.4, -0.2) is 19.7 Å². The van der Waals surface area contributed by atoms with E-state index >= 15 is 0 Å². The van der Waals surface area contributed by atoms with Gasteiger partial charge in [0.2, 0.25) is 0 Å². The maximum atomic E-state index is 12.1. The van der Waals surface area contributed by atoms with Crippen LogP contribution in [0.15, 0.2) is 84.9 Å². The lowest BCUT2D eigenvalue weighted by Gasteiger charge is -2.18. The number of esters is 1. The van der Waals surface area contributed by atoms with Crippen LogP contribution in [-0.2, 0) is 20.9 Å². The van der Waals surface area contributed by atoms with Crippen molar-refractivity contribution in [2.24, 2.45) is 0 Å². The van der Waals surface area contributed by atoms with Crippen LogP contribution in [0.3, 0.4) is 0 Å². The fourth-order valence-corrected chi connectivity index (χ4v) is 2.72. The monoisotopic (exact) mass is 362 g/mol. The molecule has 3 aromatic carbocycles. The quantitative estimate of drug-likeness (QED) is 0.552. The number of methoxy groups -OCH3 is 1. The highest BCUT2D eigenvalue weighted by atomic mass is 16.6. The highest BCUT2D eigenvalue weighted by Crippen LogP contribution is 2.25. The van der Waals surface area contributed by atoms with Crippen LogP contribution in [0.5, 0.6) is 5.75 Å². The van der Waals surface area contributed by atoms with Gasteiger partial charge in [-0.2, -0.15) is 0 Å². The molecule has 27 heavy (non-hydrogen) atoms. The van der Waals surface area contributed by atoms with Crippen molar-refractivity contribution in [1.82, 2.24) is 0 Å². The molecule has 0 aliphatic rings. The molecule has 3 rings (SSSR count). The Hall–Kier alpha value is -3.11. The van der Waals surface area contributed by atoms with Crippen LogP contribution >= 0.6 is 0 Å². The van der Waals surface area contributed by atoms with Crippen molar-refractivity contribution >= 4 is 5.97 Å². The van der Waals surface area contributed by atoms with E-state index in [4.69, 9.17) is 14.2 Å². The normalized spacial score (nSPS) is 10.6. The molecular formula is C23H22O4. The second-order valence-corrected chi connectivity index (χ2v) is 6.02. The van der Waals surface area contributed by atoms with Gasteiger partial charge in [-0.25, -0.2) is 4.79 Å². The van der Waals surface area contributed by atoms with Gasteiger partial charge in [0.15, 0.2) is 0 Å². The molecule has 0 N–H and O–H groups in total. The van der Waals surface area contributed by atoms with Gasteiger partial charge < -0.3 is 14.2 Å². The minimum atomic E-state index is -0.400. The van der Waals surface area contributed by atoms with E-state index in [1.165, 1.54) is 0 Å². The van der Waals surface area contributed by atoms with Crippen LogP contribution in [0.4, 0.5) is 0 Å². The second-order valence-electron chi connectivity index (χ2n) is 6.02. The average molecular weight is 362 g/mol. The number of benzene rings is 3. The predicted octanol–water partition coefficient (Wildman–Crippen LogP) is 4.54. The van der Waals surface area contributed by atoms with Crippen molar-refractivity contribution < 1.29 is 19.0 Å². The SMILES string of the molecule is COc1ccc(COC(=O)COC(c2ccccc2)c2ccccc2)cc1. The molecule has 0 radical (unpaired) electrons. The number of hydrogen-bond acceptors (Lipinski definition) is 4. The minimum Gasteiger partial charge on any atom is -0.497 e. The third-order valence-electron chi connectivity index (χ3n) is 4.13. The Morgan fingerprint density at radius 1 is 0.815 bits per heavy atom. The van der Waals surface area contributed by atoms with E-state index in [1.807, 2.05) is 84.9 Å². The lowest BCUT2D eigenvalue weighted by atomic mass is 10.0. The van der Waals surface area contributed by atoms with E-state index in [0.717, 1.165) is 22.4 Å². The van der Waals surface area contributed by atoms with Crippen LogP contribution in [0.1, 0.15) is 22.8 Å². The van der Waals surface area contributed by atoms with E-state index in [1.54, 1.807) is 7.11 Å². The summed E-state index contributed by atoms with van der Waals surface area (Å²) in [6.07, 6.45) is -0.319. The highest BCUT2D eigenvalue weighted by molar-refractivity contribution is 5.70. The molecule has 0 aliphatic carbocycles. The van der Waals surface area contributed by atoms with Crippen LogP contribution < -0.4 is 4.74 Å². The summed E-state index contributed by atoms with van der Waals surface area (Å²) in [5.41, 5.74) is 2.88. The van der Waals surface area contributed by atoms with Gasteiger partial charge in [-0.15, -0.1) is 0 Å². The largest absolute Gasteiger partial charge is 0.497 e. The molecule has 0 bridgehead atoms. The van der Waals surface area contributed by atoms with E-state index in [9.17, 15) is 4.79 Å². The van der Waals surface area contributed by atoms with E-state index in [2.05, 4.69) is 0 Å². The summed E-state index contributed by atoms with van der Waals surface area (Å²) in [4.78, 5) is 12.1. The molecule has 0 fully saturated rings. The Morgan fingerprint density at radius 2 is 1.37 bits per heavy atom. The fraction of sp³-hybridized carbons (Fsp3) is 0.174. The molecule has 0 aromatic heterocycles. The smallest absolute Gasteiger partial charge is 0.332 e. The van der Waals surface area contributed by atoms with Gasteiger partial charge in [0.05, 0.1) is 7.11 Å². The molecule has 4 nitrogen and oxygen atoms in total. The van der Waals surface area contributed by atoms with Gasteiger partial charge in [-0.3, -0.25) is 0 Å². The summed E-state index contributed by atoms with van der Waals surface area (Å²) in [5.74, 6) is 0.365. The van der Waals surface area contributed by atoms with Gasteiger partial charge >= 0.3 is 5.97 Å². The summed E-state index contributed by atoms with van der Waals surface area (Å²) in [6.45, 7) is 0.0815. The van der Waals surface area contributed by atoms with E-state index in [-0.39, 0.29) is 19.3 Å². The third-order valence-corrected chi connectivity index (χ3v) is 4.13. The van der Waals surface area contributed by atoms with Crippen molar-refractivity contribution in [3.05, 3.63) is 102 Å². The van der Waals surface area contributed by atoms with Gasteiger partial charge in [-0.1, -0.05) is 72.8 Å². The number of carbonyl (C=O) groups excluding carboxylic acids is 1. The summed E-state index contributed by atoms with van der Waals surface area (Å²) in [6, 6.07) is 27.1. The van der Waals surface area contributed by atoms with Gasteiger partial charge in [0, 0.05) is 0 Å². The van der Waals surface area contributed by atoms with Crippen molar-refractivity contribution in [2.75, 3.05) is 13.7 Å². The summed E-state index contributed by atoms with van der Waals surface area (Å²) < 4.78 is 16.3. The maximum Gasteiger partial charge on any atom is 0.332 e. The Bertz CT molecular complexity index is 790. The van der Waals surface area contributed by atoms with Crippen molar-refractivity contribution in [3.63, 3.8) is 0 Å². The third kappa shape index (κ3) is 5.43. The molecule has 4 heteroatoms. The average Bonchev–Trinajstić information content (AvgIpc) is 2.74. The molecule has 0 amide bonds. The number of rotatable bonds is 8. The molecule has 0 heterocycles. The Labute approximate surface area is 159 Å². The molecule has 0 atom stereocenters. The Balaban J connectivity index is 1.58. The molecule has 3 aromatic rings. The number of hydrogen-bond donors (Lipinski definition) is 0. The maximum absolute atomic E-state index is 12.1. The summed E-state index contributed by atoms with van der Waals surface area (Å²) >= 11 is 0. The van der Waals surface area contributed by atoms with Gasteiger partial charge in [0.25, 0.3) is 0 Å². The van der Waals surface area contributed by atoms with Crippen molar-refractivity contribution in [1.29, 1.82) is 0 Å². The molecule has 0 saturated heterocycles. The zero-order chi connectivity index (χ0) is 18.9. The Morgan fingerprint density at radius 3 is 1.89 bits per heavy atom. The lowest BCUT2D eigenvalue weighted by molar-refractivity contribution is -0.151. The van der Waals surface area contributed by atoms with Gasteiger partial charge in [0.1, 0.15) is 25.1 Å². The second kappa shape index (κ2) is 9.55. The topological polar surface area (TPSA) is 44.8 Å². The highest BCUT2D eigenvalue weighted by Gasteiger charge is 2.16. The standard InChI is InChI=1S/C23H22O4/c1-25-21-14-12-18(13-15-21)16-26-22(24)17-27-23(19-8-4-2-5-9-19)20-10-6-3-7-11-20/h2-15,23H,16-17H2,1H3. The summed E-state index contributed by atoms with van der Waals surface area (Å²) in [5, 5.41) is 0. The molecule has 0 aliphatic heterocycles. The zero-order valence-corrected chi connectivity index (χ0v) is 15.2. The van der Waals surface area contributed by atoms with Crippen molar-refractivity contribution in [2.45, 2.75) is 12.7 Å². The Kier molecular flexibility index (Phi) is 6.61. The molecule has 0 unspecified atom stereocenters. The molecule has 0 spiro atoms. The predicted molar refractivity (Wildman–Crippen MR) is 103 cm³/mol. The van der Waals surface area contributed by atoms with Gasteiger partial charge in [-0.05, 0) is 28.8 Å². The summed E-state index contributed by atoms with van der Waals surface area (Å²) in [7, 11) is 1.61. The van der Waals surface area contributed by atoms with Crippen molar-refractivity contribution in [3.8, 4) is 5.75 Å².